The zero-order chi connectivity index (χ0) is 12.0. The van der Waals surface area contributed by atoms with Gasteiger partial charge in [-0.05, 0) is 26.2 Å². The van der Waals surface area contributed by atoms with Crippen LogP contribution in [0.3, 0.4) is 0 Å². The molecule has 1 fully saturated rings. The summed E-state index contributed by atoms with van der Waals surface area (Å²) in [4.78, 5) is 2.48. The van der Waals surface area contributed by atoms with Crippen LogP contribution in [0.1, 0.15) is 39.5 Å². The van der Waals surface area contributed by atoms with Crippen LogP contribution in [0.4, 0.5) is 0 Å². The maximum Gasteiger partial charge on any atom is 0.0672 e. The van der Waals surface area contributed by atoms with E-state index in [1.165, 1.54) is 12.8 Å². The van der Waals surface area contributed by atoms with Crippen molar-refractivity contribution in [3.05, 3.63) is 0 Å². The molecule has 0 radical (unpaired) electrons. The van der Waals surface area contributed by atoms with Crippen molar-refractivity contribution in [2.45, 2.75) is 51.6 Å². The Kier molecular flexibility index (Phi) is 5.79. The largest absolute Gasteiger partial charge is 0.383 e. The normalized spacial score (nSPS) is 26.9. The third kappa shape index (κ3) is 3.20. The second kappa shape index (κ2) is 6.88. The van der Waals surface area contributed by atoms with E-state index in [-0.39, 0.29) is 5.92 Å². The topological polar surface area (TPSA) is 36.3 Å². The van der Waals surface area contributed by atoms with E-state index in [1.54, 1.807) is 7.11 Å². The van der Waals surface area contributed by atoms with Gasteiger partial charge in [-0.1, -0.05) is 13.3 Å². The summed E-state index contributed by atoms with van der Waals surface area (Å²) >= 11 is 0. The molecule has 0 saturated heterocycles. The molecule has 0 bridgehead atoms. The van der Waals surface area contributed by atoms with Crippen molar-refractivity contribution >= 4 is 0 Å². The fourth-order valence-electron chi connectivity index (χ4n) is 2.63. The third-order valence-electron chi connectivity index (χ3n) is 3.78. The molecule has 3 nitrogen and oxygen atoms in total. The Morgan fingerprint density at radius 2 is 2.25 bits per heavy atom. The first kappa shape index (κ1) is 13.5. The summed E-state index contributed by atoms with van der Waals surface area (Å²) in [5, 5.41) is 9.16. The summed E-state index contributed by atoms with van der Waals surface area (Å²) in [5.74, 6) is 0.228. The van der Waals surface area contributed by atoms with Crippen LogP contribution < -0.4 is 0 Å². The second-order valence-corrected chi connectivity index (χ2v) is 4.72. The van der Waals surface area contributed by atoms with Gasteiger partial charge in [-0.15, -0.1) is 0 Å². The van der Waals surface area contributed by atoms with Gasteiger partial charge in [0, 0.05) is 25.7 Å². The first-order valence-corrected chi connectivity index (χ1v) is 6.38. The Morgan fingerprint density at radius 3 is 2.81 bits per heavy atom. The van der Waals surface area contributed by atoms with E-state index < -0.39 is 0 Å². The van der Waals surface area contributed by atoms with E-state index in [9.17, 15) is 0 Å². The summed E-state index contributed by atoms with van der Waals surface area (Å²) in [7, 11) is 1.74. The smallest absolute Gasteiger partial charge is 0.0672 e. The average Bonchev–Trinajstić information content (AvgIpc) is 2.77. The van der Waals surface area contributed by atoms with Gasteiger partial charge in [-0.2, -0.15) is 5.26 Å². The summed E-state index contributed by atoms with van der Waals surface area (Å²) < 4.78 is 5.17. The molecule has 0 aliphatic heterocycles. The van der Waals surface area contributed by atoms with Gasteiger partial charge in [0.05, 0.1) is 18.6 Å². The first-order valence-electron chi connectivity index (χ1n) is 6.38. The lowest BCUT2D eigenvalue weighted by Crippen LogP contribution is -2.45. The first-order chi connectivity index (χ1) is 7.74. The fraction of sp³-hybridized carbons (Fsp3) is 0.923. The standard InChI is InChI=1S/C13H24N2O/c1-4-11(2)15(8-9-16-3)13-7-5-6-12(13)10-14/h11-13H,4-9H2,1-3H3. The number of ether oxygens (including phenoxy) is 1. The van der Waals surface area contributed by atoms with Crippen molar-refractivity contribution < 1.29 is 4.74 Å². The lowest BCUT2D eigenvalue weighted by atomic mass is 10.0. The molecule has 1 rings (SSSR count). The van der Waals surface area contributed by atoms with E-state index >= 15 is 0 Å². The van der Waals surface area contributed by atoms with E-state index in [4.69, 9.17) is 10.00 Å². The van der Waals surface area contributed by atoms with Gasteiger partial charge >= 0.3 is 0 Å². The number of hydrogen-bond donors (Lipinski definition) is 0. The lowest BCUT2D eigenvalue weighted by Gasteiger charge is -2.35. The van der Waals surface area contributed by atoms with Gasteiger partial charge < -0.3 is 4.74 Å². The maximum absolute atomic E-state index is 9.16. The van der Waals surface area contributed by atoms with Gasteiger partial charge in [0.25, 0.3) is 0 Å². The number of methoxy groups -OCH3 is 1. The molecule has 3 heteroatoms. The molecule has 1 aliphatic carbocycles. The third-order valence-corrected chi connectivity index (χ3v) is 3.78. The molecule has 0 N–H and O–H groups in total. The number of rotatable bonds is 6. The van der Waals surface area contributed by atoms with Crippen LogP contribution in [0.5, 0.6) is 0 Å². The van der Waals surface area contributed by atoms with E-state index in [2.05, 4.69) is 24.8 Å². The van der Waals surface area contributed by atoms with Crippen LogP contribution in [0.2, 0.25) is 0 Å². The van der Waals surface area contributed by atoms with Crippen molar-refractivity contribution in [3.8, 4) is 6.07 Å². The average molecular weight is 224 g/mol. The zero-order valence-corrected chi connectivity index (χ0v) is 10.8. The summed E-state index contributed by atoms with van der Waals surface area (Å²) in [6.45, 7) is 6.18. The molecule has 0 spiro atoms. The molecule has 1 aliphatic rings. The molecule has 16 heavy (non-hydrogen) atoms. The Bertz CT molecular complexity index is 237. The molecule has 0 aromatic heterocycles. The van der Waals surface area contributed by atoms with Crippen molar-refractivity contribution in [1.82, 2.24) is 4.90 Å². The minimum absolute atomic E-state index is 0.228. The molecule has 3 atom stereocenters. The maximum atomic E-state index is 9.16. The lowest BCUT2D eigenvalue weighted by molar-refractivity contribution is 0.0801. The molecule has 0 amide bonds. The van der Waals surface area contributed by atoms with E-state index in [0.717, 1.165) is 26.0 Å². The monoisotopic (exact) mass is 224 g/mol. The Balaban J connectivity index is 2.63. The quantitative estimate of drug-likeness (QED) is 0.695. The summed E-state index contributed by atoms with van der Waals surface area (Å²) in [6.07, 6.45) is 4.58. The zero-order valence-electron chi connectivity index (χ0n) is 10.8. The minimum Gasteiger partial charge on any atom is -0.383 e. The molecule has 0 aromatic rings. The Labute approximate surface area is 99.4 Å². The van der Waals surface area contributed by atoms with Gasteiger partial charge in [0.1, 0.15) is 0 Å². The van der Waals surface area contributed by atoms with Gasteiger partial charge in [-0.3, -0.25) is 4.90 Å². The molecular weight excluding hydrogens is 200 g/mol. The van der Waals surface area contributed by atoms with Crippen LogP contribution >= 0.6 is 0 Å². The predicted molar refractivity (Wildman–Crippen MR) is 65.1 cm³/mol. The van der Waals surface area contributed by atoms with Gasteiger partial charge in [-0.25, -0.2) is 0 Å². The second-order valence-electron chi connectivity index (χ2n) is 4.72. The highest BCUT2D eigenvalue weighted by molar-refractivity contribution is 4.98. The summed E-state index contributed by atoms with van der Waals surface area (Å²) in [5.41, 5.74) is 0. The Hall–Kier alpha value is -0.590. The van der Waals surface area contributed by atoms with E-state index in [0.29, 0.717) is 12.1 Å². The number of hydrogen-bond acceptors (Lipinski definition) is 3. The van der Waals surface area contributed by atoms with Crippen molar-refractivity contribution in [2.24, 2.45) is 5.92 Å². The van der Waals surface area contributed by atoms with Crippen molar-refractivity contribution in [1.29, 1.82) is 5.26 Å². The predicted octanol–water partition coefficient (Wildman–Crippen LogP) is 2.43. The van der Waals surface area contributed by atoms with Crippen LogP contribution in [0, 0.1) is 17.2 Å². The molecule has 0 heterocycles. The highest BCUT2D eigenvalue weighted by Gasteiger charge is 2.33. The highest BCUT2D eigenvalue weighted by atomic mass is 16.5. The molecule has 1 saturated carbocycles. The fourth-order valence-corrected chi connectivity index (χ4v) is 2.63. The number of nitrogens with zero attached hydrogens (tertiary/aromatic N) is 2. The van der Waals surface area contributed by atoms with Crippen LogP contribution in [-0.2, 0) is 4.74 Å². The van der Waals surface area contributed by atoms with E-state index in [1.807, 2.05) is 0 Å². The van der Waals surface area contributed by atoms with Crippen molar-refractivity contribution in [2.75, 3.05) is 20.3 Å². The number of nitriles is 1. The van der Waals surface area contributed by atoms with Gasteiger partial charge in [0.15, 0.2) is 0 Å². The molecular formula is C13H24N2O. The highest BCUT2D eigenvalue weighted by Crippen LogP contribution is 2.31. The molecule has 0 aromatic carbocycles. The van der Waals surface area contributed by atoms with Gasteiger partial charge in [0.2, 0.25) is 0 Å². The summed E-state index contributed by atoms with van der Waals surface area (Å²) in [6, 6.07) is 3.47. The SMILES string of the molecule is CCC(C)N(CCOC)C1CCCC1C#N. The minimum atomic E-state index is 0.228. The van der Waals surface area contributed by atoms with Crippen molar-refractivity contribution in [3.63, 3.8) is 0 Å². The van der Waals surface area contributed by atoms with Crippen LogP contribution in [0.15, 0.2) is 0 Å². The van der Waals surface area contributed by atoms with Crippen LogP contribution in [-0.4, -0.2) is 37.2 Å². The Morgan fingerprint density at radius 1 is 1.50 bits per heavy atom. The van der Waals surface area contributed by atoms with Crippen LogP contribution in [0.25, 0.3) is 0 Å². The molecule has 92 valence electrons. The molecule has 3 unspecified atom stereocenters.